The van der Waals surface area contributed by atoms with Crippen LogP contribution in [0.3, 0.4) is 0 Å². The van der Waals surface area contributed by atoms with Crippen molar-refractivity contribution >= 4 is 28.4 Å². The van der Waals surface area contributed by atoms with Crippen molar-refractivity contribution in [2.45, 2.75) is 6.42 Å². The zero-order valence-corrected chi connectivity index (χ0v) is 9.29. The number of rotatable bonds is 2. The van der Waals surface area contributed by atoms with E-state index in [-0.39, 0.29) is 0 Å². The van der Waals surface area contributed by atoms with E-state index in [1.807, 2.05) is 12.1 Å². The summed E-state index contributed by atoms with van der Waals surface area (Å²) in [6.07, 6.45) is 0.674. The third kappa shape index (κ3) is 1.65. The minimum atomic E-state index is 0.674. The van der Waals surface area contributed by atoms with Crippen LogP contribution in [-0.4, -0.2) is 24.1 Å². The van der Waals surface area contributed by atoms with E-state index in [0.29, 0.717) is 11.4 Å². The van der Waals surface area contributed by atoms with Gasteiger partial charge in [-0.25, -0.2) is 0 Å². The van der Waals surface area contributed by atoms with Gasteiger partial charge in [-0.3, -0.25) is 4.99 Å². The Kier molecular flexibility index (Phi) is 2.29. The van der Waals surface area contributed by atoms with Crippen LogP contribution in [0.4, 0.5) is 0 Å². The molecule has 1 aliphatic rings. The molecule has 0 saturated heterocycles. The Morgan fingerprint density at radius 2 is 2.38 bits per heavy atom. The van der Waals surface area contributed by atoms with E-state index in [1.165, 1.54) is 0 Å². The molecule has 3 rings (SSSR count). The van der Waals surface area contributed by atoms with E-state index in [1.54, 1.807) is 6.07 Å². The molecule has 0 amide bonds. The van der Waals surface area contributed by atoms with Crippen molar-refractivity contribution in [2.75, 3.05) is 13.1 Å². The topological polar surface area (TPSA) is 50.4 Å². The van der Waals surface area contributed by atoms with Crippen LogP contribution in [0.2, 0.25) is 5.02 Å². The normalized spacial score (nSPS) is 15.2. The van der Waals surface area contributed by atoms with Gasteiger partial charge >= 0.3 is 0 Å². The molecule has 1 N–H and O–H groups in total. The molecule has 16 heavy (non-hydrogen) atoms. The quantitative estimate of drug-likeness (QED) is 0.867. The average Bonchev–Trinajstić information content (AvgIpc) is 2.90. The number of halogens is 1. The van der Waals surface area contributed by atoms with Crippen molar-refractivity contribution in [1.29, 1.82) is 0 Å². The van der Waals surface area contributed by atoms with Gasteiger partial charge in [0.15, 0.2) is 5.58 Å². The van der Waals surface area contributed by atoms with Gasteiger partial charge in [-0.15, -0.1) is 0 Å². The monoisotopic (exact) mass is 235 g/mol. The Balaban J connectivity index is 1.99. The standard InChI is InChI=1S/C11H10ClN3O/c12-7-1-2-10-8(5-7)9(15-16-10)6-11-13-3-4-14-11/h1-2,5H,3-4,6H2,(H,13,14). The van der Waals surface area contributed by atoms with Gasteiger partial charge in [0, 0.05) is 17.0 Å². The van der Waals surface area contributed by atoms with E-state index in [2.05, 4.69) is 15.5 Å². The lowest BCUT2D eigenvalue weighted by Gasteiger charge is -1.98. The Bertz CT molecular complexity index is 561. The van der Waals surface area contributed by atoms with Crippen molar-refractivity contribution in [2.24, 2.45) is 4.99 Å². The summed E-state index contributed by atoms with van der Waals surface area (Å²) in [5, 5.41) is 8.91. The fraction of sp³-hybridized carbons (Fsp3) is 0.273. The summed E-state index contributed by atoms with van der Waals surface area (Å²) < 4.78 is 5.22. The third-order valence-electron chi connectivity index (χ3n) is 2.59. The molecule has 2 aromatic rings. The van der Waals surface area contributed by atoms with Crippen molar-refractivity contribution in [1.82, 2.24) is 10.5 Å². The summed E-state index contributed by atoms with van der Waals surface area (Å²) in [6.45, 7) is 1.75. The number of benzene rings is 1. The molecule has 0 unspecified atom stereocenters. The summed E-state index contributed by atoms with van der Waals surface area (Å²) >= 11 is 5.95. The number of fused-ring (bicyclic) bond motifs is 1. The van der Waals surface area contributed by atoms with Gasteiger partial charge in [0.25, 0.3) is 0 Å². The molecule has 0 aliphatic carbocycles. The number of amidine groups is 1. The van der Waals surface area contributed by atoms with Crippen LogP contribution in [0.5, 0.6) is 0 Å². The zero-order valence-electron chi connectivity index (χ0n) is 8.53. The highest BCUT2D eigenvalue weighted by Crippen LogP contribution is 2.23. The molecular weight excluding hydrogens is 226 g/mol. The maximum Gasteiger partial charge on any atom is 0.167 e. The van der Waals surface area contributed by atoms with Gasteiger partial charge in [-0.1, -0.05) is 16.8 Å². The summed E-state index contributed by atoms with van der Waals surface area (Å²) in [5.41, 5.74) is 1.64. The van der Waals surface area contributed by atoms with Crippen LogP contribution in [0.15, 0.2) is 27.7 Å². The lowest BCUT2D eigenvalue weighted by Crippen LogP contribution is -2.20. The van der Waals surface area contributed by atoms with Crippen LogP contribution in [0, 0.1) is 0 Å². The summed E-state index contributed by atoms with van der Waals surface area (Å²) in [4.78, 5) is 4.33. The van der Waals surface area contributed by atoms with Gasteiger partial charge in [0.05, 0.1) is 18.7 Å². The van der Waals surface area contributed by atoms with Crippen LogP contribution < -0.4 is 5.32 Å². The number of nitrogens with zero attached hydrogens (tertiary/aromatic N) is 2. The fourth-order valence-corrected chi connectivity index (χ4v) is 1.98. The van der Waals surface area contributed by atoms with Crippen LogP contribution >= 0.6 is 11.6 Å². The van der Waals surface area contributed by atoms with Crippen molar-refractivity contribution < 1.29 is 4.52 Å². The van der Waals surface area contributed by atoms with E-state index < -0.39 is 0 Å². The highest BCUT2D eigenvalue weighted by Gasteiger charge is 2.13. The highest BCUT2D eigenvalue weighted by molar-refractivity contribution is 6.31. The molecule has 1 aromatic carbocycles. The van der Waals surface area contributed by atoms with Crippen LogP contribution in [0.25, 0.3) is 11.0 Å². The summed E-state index contributed by atoms with van der Waals surface area (Å²) in [5.74, 6) is 0.968. The van der Waals surface area contributed by atoms with E-state index in [4.69, 9.17) is 16.1 Å². The number of aliphatic imine (C=N–C) groups is 1. The minimum absolute atomic E-state index is 0.674. The van der Waals surface area contributed by atoms with Crippen molar-refractivity contribution in [3.63, 3.8) is 0 Å². The molecule has 0 radical (unpaired) electrons. The van der Waals surface area contributed by atoms with E-state index in [0.717, 1.165) is 35.6 Å². The highest BCUT2D eigenvalue weighted by atomic mass is 35.5. The van der Waals surface area contributed by atoms with Gasteiger partial charge in [0.2, 0.25) is 0 Å². The fourth-order valence-electron chi connectivity index (χ4n) is 1.81. The third-order valence-corrected chi connectivity index (χ3v) is 2.82. The Labute approximate surface area is 97.3 Å². The Morgan fingerprint density at radius 3 is 3.19 bits per heavy atom. The van der Waals surface area contributed by atoms with Gasteiger partial charge in [0.1, 0.15) is 5.84 Å². The van der Waals surface area contributed by atoms with Crippen LogP contribution in [0.1, 0.15) is 5.69 Å². The molecule has 0 bridgehead atoms. The molecule has 0 spiro atoms. The Hall–Kier alpha value is -1.55. The van der Waals surface area contributed by atoms with Gasteiger partial charge in [-0.05, 0) is 18.2 Å². The largest absolute Gasteiger partial charge is 0.372 e. The number of hydrogen-bond acceptors (Lipinski definition) is 4. The van der Waals surface area contributed by atoms with Crippen molar-refractivity contribution in [3.8, 4) is 0 Å². The maximum atomic E-state index is 5.95. The number of nitrogens with one attached hydrogen (secondary N) is 1. The van der Waals surface area contributed by atoms with Crippen LogP contribution in [-0.2, 0) is 6.42 Å². The predicted molar refractivity (Wildman–Crippen MR) is 63.0 cm³/mol. The minimum Gasteiger partial charge on any atom is -0.372 e. The Morgan fingerprint density at radius 1 is 1.44 bits per heavy atom. The molecule has 2 heterocycles. The molecule has 1 aromatic heterocycles. The first-order chi connectivity index (χ1) is 7.83. The second-order valence-electron chi connectivity index (χ2n) is 3.70. The van der Waals surface area contributed by atoms with E-state index >= 15 is 0 Å². The molecular formula is C11H10ClN3O. The molecule has 5 heteroatoms. The number of aromatic nitrogens is 1. The smallest absolute Gasteiger partial charge is 0.167 e. The zero-order chi connectivity index (χ0) is 11.0. The van der Waals surface area contributed by atoms with E-state index in [9.17, 15) is 0 Å². The predicted octanol–water partition coefficient (Wildman–Crippen LogP) is 2.03. The number of hydrogen-bond donors (Lipinski definition) is 1. The molecule has 0 saturated carbocycles. The molecule has 0 fully saturated rings. The lowest BCUT2D eigenvalue weighted by atomic mass is 10.1. The summed E-state index contributed by atoms with van der Waals surface area (Å²) in [6, 6.07) is 5.50. The SMILES string of the molecule is Clc1ccc2onc(CC3=NCCN3)c2c1. The first-order valence-corrected chi connectivity index (χ1v) is 5.52. The first-order valence-electron chi connectivity index (χ1n) is 5.14. The first kappa shape index (κ1) is 9.66. The molecule has 4 nitrogen and oxygen atoms in total. The van der Waals surface area contributed by atoms with Crippen molar-refractivity contribution in [3.05, 3.63) is 28.9 Å². The van der Waals surface area contributed by atoms with Gasteiger partial charge in [-0.2, -0.15) is 0 Å². The van der Waals surface area contributed by atoms with Gasteiger partial charge < -0.3 is 9.84 Å². The second-order valence-corrected chi connectivity index (χ2v) is 4.14. The molecule has 1 aliphatic heterocycles. The molecule has 82 valence electrons. The average molecular weight is 236 g/mol. The lowest BCUT2D eigenvalue weighted by molar-refractivity contribution is 0.449. The summed E-state index contributed by atoms with van der Waals surface area (Å²) in [7, 11) is 0. The molecule has 0 atom stereocenters. The maximum absolute atomic E-state index is 5.95. The second kappa shape index (κ2) is 3.79.